The van der Waals surface area contributed by atoms with Crippen LogP contribution in [0.1, 0.15) is 5.56 Å². The molecular formula is C25H25ClN2O6S. The minimum Gasteiger partial charge on any atom is -0.497 e. The van der Waals surface area contributed by atoms with Crippen LogP contribution in [0.5, 0.6) is 11.5 Å². The Morgan fingerprint density at radius 1 is 1.11 bits per heavy atom. The van der Waals surface area contributed by atoms with E-state index in [1.807, 2.05) is 30.3 Å². The first-order valence-electron chi connectivity index (χ1n) is 10.9. The fraction of sp³-hybridized carbons (Fsp3) is 0.240. The van der Waals surface area contributed by atoms with Crippen LogP contribution < -0.4 is 19.1 Å². The predicted molar refractivity (Wildman–Crippen MR) is 133 cm³/mol. The SMILES string of the molecule is COc1ccc(S(=O)(=O)N2CC(C(=O)NCCOCc3ccccc3)Oc3ccc(Cl)cc32)cc1. The van der Waals surface area contributed by atoms with Crippen LogP contribution in [-0.4, -0.2) is 47.2 Å². The van der Waals surface area contributed by atoms with Gasteiger partial charge in [-0.2, -0.15) is 0 Å². The fourth-order valence-electron chi connectivity index (χ4n) is 3.59. The molecule has 1 unspecified atom stereocenters. The molecule has 4 rings (SSSR count). The van der Waals surface area contributed by atoms with E-state index in [0.29, 0.717) is 24.0 Å². The normalized spacial score (nSPS) is 15.1. The van der Waals surface area contributed by atoms with E-state index in [1.54, 1.807) is 24.3 Å². The number of carbonyl (C=O) groups is 1. The van der Waals surface area contributed by atoms with Gasteiger partial charge < -0.3 is 19.5 Å². The van der Waals surface area contributed by atoms with Crippen molar-refractivity contribution >= 4 is 33.2 Å². The Kier molecular flexibility index (Phi) is 7.80. The number of methoxy groups -OCH3 is 1. The molecule has 0 bridgehead atoms. The molecule has 3 aromatic carbocycles. The third-order valence-electron chi connectivity index (χ3n) is 5.39. The lowest BCUT2D eigenvalue weighted by atomic mass is 10.2. The number of fused-ring (bicyclic) bond motifs is 1. The van der Waals surface area contributed by atoms with Gasteiger partial charge in [0.15, 0.2) is 6.10 Å². The summed E-state index contributed by atoms with van der Waals surface area (Å²) in [6.07, 6.45) is -1.05. The van der Waals surface area contributed by atoms with Gasteiger partial charge in [-0.15, -0.1) is 0 Å². The summed E-state index contributed by atoms with van der Waals surface area (Å²) in [5.74, 6) is 0.336. The molecule has 1 aliphatic rings. The third-order valence-corrected chi connectivity index (χ3v) is 7.42. The van der Waals surface area contributed by atoms with Crippen LogP contribution in [0.25, 0.3) is 0 Å². The number of amides is 1. The van der Waals surface area contributed by atoms with Crippen molar-refractivity contribution in [1.29, 1.82) is 0 Å². The molecule has 0 aliphatic carbocycles. The Hall–Kier alpha value is -3.27. The van der Waals surface area contributed by atoms with Gasteiger partial charge in [-0.3, -0.25) is 9.10 Å². The van der Waals surface area contributed by atoms with E-state index >= 15 is 0 Å². The van der Waals surface area contributed by atoms with Gasteiger partial charge >= 0.3 is 0 Å². The lowest BCUT2D eigenvalue weighted by Crippen LogP contribution is -2.51. The quantitative estimate of drug-likeness (QED) is 0.436. The Morgan fingerprint density at radius 3 is 2.57 bits per heavy atom. The van der Waals surface area contributed by atoms with Crippen LogP contribution in [0.2, 0.25) is 5.02 Å². The topological polar surface area (TPSA) is 94.2 Å². The van der Waals surface area contributed by atoms with Gasteiger partial charge in [-0.05, 0) is 48.0 Å². The van der Waals surface area contributed by atoms with Gasteiger partial charge in [0.25, 0.3) is 15.9 Å². The molecule has 1 aliphatic heterocycles. The van der Waals surface area contributed by atoms with E-state index in [1.165, 1.54) is 25.3 Å². The van der Waals surface area contributed by atoms with Crippen molar-refractivity contribution in [3.63, 3.8) is 0 Å². The molecule has 1 amide bonds. The van der Waals surface area contributed by atoms with Crippen LogP contribution in [-0.2, 0) is 26.2 Å². The largest absolute Gasteiger partial charge is 0.497 e. The van der Waals surface area contributed by atoms with E-state index in [4.69, 9.17) is 25.8 Å². The molecule has 1 atom stereocenters. The molecule has 0 aromatic heterocycles. The highest BCUT2D eigenvalue weighted by atomic mass is 35.5. The van der Waals surface area contributed by atoms with Crippen molar-refractivity contribution in [1.82, 2.24) is 5.32 Å². The van der Waals surface area contributed by atoms with Gasteiger partial charge in [0.05, 0.1) is 37.5 Å². The molecule has 0 saturated heterocycles. The molecule has 35 heavy (non-hydrogen) atoms. The molecule has 3 aromatic rings. The zero-order valence-electron chi connectivity index (χ0n) is 19.0. The number of rotatable bonds is 9. The summed E-state index contributed by atoms with van der Waals surface area (Å²) in [6, 6.07) is 20.4. The molecular weight excluding hydrogens is 492 g/mol. The zero-order valence-corrected chi connectivity index (χ0v) is 20.6. The lowest BCUT2D eigenvalue weighted by Gasteiger charge is -2.34. The van der Waals surface area contributed by atoms with Crippen LogP contribution in [0.4, 0.5) is 5.69 Å². The van der Waals surface area contributed by atoms with Gasteiger partial charge in [-0.1, -0.05) is 41.9 Å². The molecule has 0 fully saturated rings. The second-order valence-corrected chi connectivity index (χ2v) is 10.1. The maximum Gasteiger partial charge on any atom is 0.264 e. The maximum atomic E-state index is 13.5. The molecule has 0 spiro atoms. The van der Waals surface area contributed by atoms with Gasteiger partial charge in [0, 0.05) is 11.6 Å². The summed E-state index contributed by atoms with van der Waals surface area (Å²) in [6.45, 7) is 0.773. The van der Waals surface area contributed by atoms with Gasteiger partial charge in [0.2, 0.25) is 0 Å². The number of ether oxygens (including phenoxy) is 3. The summed E-state index contributed by atoms with van der Waals surface area (Å²) in [7, 11) is -2.51. The highest BCUT2D eigenvalue weighted by molar-refractivity contribution is 7.92. The molecule has 10 heteroatoms. The second kappa shape index (κ2) is 11.0. The van der Waals surface area contributed by atoms with Crippen molar-refractivity contribution in [3.05, 3.63) is 83.4 Å². The summed E-state index contributed by atoms with van der Waals surface area (Å²) < 4.78 is 44.7. The van der Waals surface area contributed by atoms with Crippen LogP contribution >= 0.6 is 11.6 Å². The standard InChI is InChI=1S/C25H25ClN2O6S/c1-32-20-8-10-21(11-9-20)35(30,31)28-16-24(34-23-12-7-19(26)15-22(23)28)25(29)27-13-14-33-17-18-5-3-2-4-6-18/h2-12,15,24H,13-14,16-17H2,1H3,(H,27,29). The average molecular weight is 517 g/mol. The number of carbonyl (C=O) groups excluding carboxylic acids is 1. The van der Waals surface area contributed by atoms with Crippen molar-refractivity contribution in [3.8, 4) is 11.5 Å². The Labute approximate surface area is 209 Å². The van der Waals surface area contributed by atoms with Crippen LogP contribution in [0.15, 0.2) is 77.7 Å². The smallest absolute Gasteiger partial charge is 0.264 e. The first kappa shape index (κ1) is 24.8. The first-order chi connectivity index (χ1) is 16.9. The van der Waals surface area contributed by atoms with E-state index in [-0.39, 0.29) is 29.4 Å². The summed E-state index contributed by atoms with van der Waals surface area (Å²) in [4.78, 5) is 12.9. The third kappa shape index (κ3) is 5.87. The Balaban J connectivity index is 1.46. The molecule has 184 valence electrons. The molecule has 1 heterocycles. The minimum absolute atomic E-state index is 0.0552. The van der Waals surface area contributed by atoms with Gasteiger partial charge in [-0.25, -0.2) is 8.42 Å². The average Bonchev–Trinajstić information content (AvgIpc) is 2.88. The summed E-state index contributed by atoms with van der Waals surface area (Å²) in [5.41, 5.74) is 1.30. The van der Waals surface area contributed by atoms with Crippen LogP contribution in [0.3, 0.4) is 0 Å². The minimum atomic E-state index is -4.01. The van der Waals surface area contributed by atoms with Crippen molar-refractivity contribution in [2.24, 2.45) is 0 Å². The number of halogens is 1. The highest BCUT2D eigenvalue weighted by Crippen LogP contribution is 2.39. The van der Waals surface area contributed by atoms with E-state index < -0.39 is 22.0 Å². The fourth-order valence-corrected chi connectivity index (χ4v) is 5.22. The maximum absolute atomic E-state index is 13.5. The number of hydrogen-bond donors (Lipinski definition) is 1. The number of hydrogen-bond acceptors (Lipinski definition) is 6. The van der Waals surface area contributed by atoms with E-state index in [2.05, 4.69) is 5.32 Å². The van der Waals surface area contributed by atoms with Crippen LogP contribution in [0, 0.1) is 0 Å². The summed E-state index contributed by atoms with van der Waals surface area (Å²) >= 11 is 6.13. The highest BCUT2D eigenvalue weighted by Gasteiger charge is 2.37. The van der Waals surface area contributed by atoms with Crippen molar-refractivity contribution in [2.45, 2.75) is 17.6 Å². The Morgan fingerprint density at radius 2 is 1.86 bits per heavy atom. The number of sulfonamides is 1. The number of benzene rings is 3. The Bertz CT molecular complexity index is 1270. The number of nitrogens with zero attached hydrogens (tertiary/aromatic N) is 1. The van der Waals surface area contributed by atoms with E-state index in [0.717, 1.165) is 9.87 Å². The molecule has 0 saturated carbocycles. The molecule has 1 N–H and O–H groups in total. The van der Waals surface area contributed by atoms with Crippen molar-refractivity contribution < 1.29 is 27.4 Å². The molecule has 0 radical (unpaired) electrons. The zero-order chi connectivity index (χ0) is 24.8. The summed E-state index contributed by atoms with van der Waals surface area (Å²) in [5, 5.41) is 3.10. The van der Waals surface area contributed by atoms with E-state index in [9.17, 15) is 13.2 Å². The first-order valence-corrected chi connectivity index (χ1v) is 12.7. The number of anilines is 1. The van der Waals surface area contributed by atoms with Gasteiger partial charge in [0.1, 0.15) is 11.5 Å². The molecule has 8 nitrogen and oxygen atoms in total. The monoisotopic (exact) mass is 516 g/mol. The number of nitrogens with one attached hydrogen (secondary N) is 1. The predicted octanol–water partition coefficient (Wildman–Crippen LogP) is 3.64. The second-order valence-electron chi connectivity index (χ2n) is 7.76. The lowest BCUT2D eigenvalue weighted by molar-refractivity contribution is -0.128. The van der Waals surface area contributed by atoms with Crippen molar-refractivity contribution in [2.75, 3.05) is 31.1 Å².